The zero-order chi connectivity index (χ0) is 20.2. The van der Waals surface area contributed by atoms with Crippen molar-refractivity contribution in [3.63, 3.8) is 0 Å². The molecule has 5 aliphatic rings. The molecule has 29 heavy (non-hydrogen) atoms. The number of epoxide rings is 1. The van der Waals surface area contributed by atoms with E-state index >= 15 is 0 Å². The van der Waals surface area contributed by atoms with Crippen molar-refractivity contribution in [1.29, 1.82) is 0 Å². The van der Waals surface area contributed by atoms with E-state index in [0.29, 0.717) is 17.3 Å². The minimum atomic E-state index is -0.969. The van der Waals surface area contributed by atoms with Gasteiger partial charge >= 0.3 is 19.1 Å². The monoisotopic (exact) mass is 397 g/mol. The Balaban J connectivity index is 1.20. The number of carbonyl (C=O) groups is 2. The van der Waals surface area contributed by atoms with E-state index in [1.165, 1.54) is 19.3 Å². The Kier molecular flexibility index (Phi) is 4.70. The van der Waals surface area contributed by atoms with Crippen molar-refractivity contribution in [3.05, 3.63) is 35.9 Å². The number of carbonyl (C=O) groups excluding carboxylic acids is 2. The summed E-state index contributed by atoms with van der Waals surface area (Å²) in [7, 11) is -0.969. The van der Waals surface area contributed by atoms with Gasteiger partial charge in [0.25, 0.3) is 0 Å². The molecule has 6 nitrogen and oxygen atoms in total. The van der Waals surface area contributed by atoms with Crippen LogP contribution in [0, 0.1) is 23.2 Å². The van der Waals surface area contributed by atoms with Gasteiger partial charge in [0.1, 0.15) is 6.10 Å². The third kappa shape index (κ3) is 3.59. The van der Waals surface area contributed by atoms with Gasteiger partial charge in [-0.05, 0) is 48.0 Å². The van der Waals surface area contributed by atoms with Crippen LogP contribution in [0.3, 0.4) is 0 Å². The van der Waals surface area contributed by atoms with Gasteiger partial charge < -0.3 is 14.0 Å². The van der Waals surface area contributed by atoms with E-state index < -0.39 is 13.1 Å². The fourth-order valence-electron chi connectivity index (χ4n) is 5.80. The van der Waals surface area contributed by atoms with Crippen molar-refractivity contribution >= 4 is 19.1 Å². The van der Waals surface area contributed by atoms with E-state index in [2.05, 4.69) is 13.8 Å². The molecule has 2 bridgehead atoms. The average molecular weight is 397 g/mol. The molecule has 3 aliphatic carbocycles. The summed E-state index contributed by atoms with van der Waals surface area (Å²) in [5.41, 5.74) is 1.38. The lowest BCUT2D eigenvalue weighted by Gasteiger charge is -2.60. The van der Waals surface area contributed by atoms with Crippen LogP contribution in [-0.2, 0) is 23.6 Å². The molecule has 2 heterocycles. The lowest BCUT2D eigenvalue weighted by molar-refractivity contribution is -0.149. The van der Waals surface area contributed by atoms with Gasteiger partial charge in [-0.2, -0.15) is 0 Å². The fourth-order valence-corrected chi connectivity index (χ4v) is 5.80. The molecule has 3 saturated carbocycles. The normalized spacial score (nSPS) is 36.3. The van der Waals surface area contributed by atoms with Crippen LogP contribution in [-0.4, -0.2) is 49.6 Å². The maximum atomic E-state index is 12.5. The van der Waals surface area contributed by atoms with Gasteiger partial charge in [-0.1, -0.05) is 44.2 Å². The molecule has 0 spiro atoms. The zero-order valence-electron chi connectivity index (χ0n) is 17.1. The Bertz CT molecular complexity index is 778. The second-order valence-corrected chi connectivity index (χ2v) is 9.65. The molecule has 6 rings (SSSR count). The Labute approximate surface area is 172 Å². The molecule has 5 fully saturated rings. The lowest BCUT2D eigenvalue weighted by atomic mass is 9.45. The van der Waals surface area contributed by atoms with Crippen molar-refractivity contribution in [1.82, 2.24) is 4.90 Å². The van der Waals surface area contributed by atoms with Crippen LogP contribution in [0.15, 0.2) is 30.3 Å². The highest BCUT2D eigenvalue weighted by atomic mass is 16.7. The summed E-state index contributed by atoms with van der Waals surface area (Å²) < 4.78 is 16.6. The van der Waals surface area contributed by atoms with E-state index in [0.717, 1.165) is 18.0 Å². The molecule has 2 aliphatic heterocycles. The fraction of sp³-hybridized carbons (Fsp3) is 0.636. The molecule has 1 aromatic rings. The third-order valence-electron chi connectivity index (χ3n) is 7.62. The predicted octanol–water partition coefficient (Wildman–Crippen LogP) is 2.63. The number of fused-ring (bicyclic) bond motifs is 2. The maximum Gasteiger partial charge on any atom is 0.632 e. The lowest BCUT2D eigenvalue weighted by Crippen LogP contribution is -2.56. The summed E-state index contributed by atoms with van der Waals surface area (Å²) in [4.78, 5) is 26.9. The standard InChI is InChI=1S/C22H28BNO5/c1-22(2)16-9-8-15(17(22)10-16)11-24-12-18(25)28-23(29-19(26)13-24)21-20(27-21)14-6-4-3-5-7-14/h3-7,15-17,20-21H,8-13H2,1-2H3/t15-,16-,17?,20?,21?/m1/s1. The Morgan fingerprint density at radius 1 is 1.07 bits per heavy atom. The molecule has 2 saturated heterocycles. The summed E-state index contributed by atoms with van der Waals surface area (Å²) in [6, 6.07) is 9.27. The van der Waals surface area contributed by atoms with Crippen LogP contribution in [0.4, 0.5) is 0 Å². The van der Waals surface area contributed by atoms with E-state index in [1.54, 1.807) is 0 Å². The number of nitrogens with zero attached hydrogens (tertiary/aromatic N) is 1. The van der Waals surface area contributed by atoms with Crippen LogP contribution < -0.4 is 0 Å². The van der Waals surface area contributed by atoms with Gasteiger partial charge in [0, 0.05) is 6.54 Å². The van der Waals surface area contributed by atoms with Gasteiger partial charge in [-0.15, -0.1) is 0 Å². The number of rotatable bonds is 4. The van der Waals surface area contributed by atoms with E-state index in [1.807, 2.05) is 35.2 Å². The molecule has 7 heteroatoms. The second kappa shape index (κ2) is 7.13. The summed E-state index contributed by atoms with van der Waals surface area (Å²) in [5, 5.41) is 0. The average Bonchev–Trinajstić information content (AvgIpc) is 3.47. The zero-order valence-corrected chi connectivity index (χ0v) is 17.1. The van der Waals surface area contributed by atoms with Gasteiger partial charge in [0.05, 0.1) is 13.1 Å². The SMILES string of the molecule is CC1(C)C2C[C@H]1CC[C@@H]2CN1CC(=O)OB(C2OC2c2ccccc2)OC(=O)C1. The number of ether oxygens (including phenoxy) is 1. The molecular formula is C22H28BNO5. The van der Waals surface area contributed by atoms with E-state index in [9.17, 15) is 9.59 Å². The highest BCUT2D eigenvalue weighted by molar-refractivity contribution is 6.51. The Morgan fingerprint density at radius 2 is 1.76 bits per heavy atom. The number of benzene rings is 1. The van der Waals surface area contributed by atoms with Crippen LogP contribution in [0.25, 0.3) is 0 Å². The molecule has 0 amide bonds. The second-order valence-electron chi connectivity index (χ2n) is 9.65. The topological polar surface area (TPSA) is 68.4 Å². The first kappa shape index (κ1) is 19.1. The number of hydrogen-bond donors (Lipinski definition) is 0. The van der Waals surface area contributed by atoms with Crippen LogP contribution in [0.1, 0.15) is 44.8 Å². The van der Waals surface area contributed by atoms with E-state index in [-0.39, 0.29) is 31.1 Å². The first-order valence-electron chi connectivity index (χ1n) is 10.7. The summed E-state index contributed by atoms with van der Waals surface area (Å²) in [5.74, 6) is 1.33. The van der Waals surface area contributed by atoms with Crippen molar-refractivity contribution in [2.45, 2.75) is 45.2 Å². The van der Waals surface area contributed by atoms with Crippen molar-refractivity contribution < 1.29 is 23.6 Å². The quantitative estimate of drug-likeness (QED) is 0.575. The number of hydrogen-bond acceptors (Lipinski definition) is 6. The molecule has 3 unspecified atom stereocenters. The summed E-state index contributed by atoms with van der Waals surface area (Å²) in [6.45, 7) is 5.72. The highest BCUT2D eigenvalue weighted by Gasteiger charge is 2.57. The Morgan fingerprint density at radius 3 is 2.38 bits per heavy atom. The molecular weight excluding hydrogens is 369 g/mol. The molecule has 0 aromatic heterocycles. The van der Waals surface area contributed by atoms with Gasteiger partial charge in [0.15, 0.2) is 6.00 Å². The van der Waals surface area contributed by atoms with Gasteiger partial charge in [-0.3, -0.25) is 14.5 Å². The van der Waals surface area contributed by atoms with E-state index in [4.69, 9.17) is 14.0 Å². The highest BCUT2D eigenvalue weighted by Crippen LogP contribution is 2.61. The van der Waals surface area contributed by atoms with Gasteiger partial charge in [-0.25, -0.2) is 0 Å². The smallest absolute Gasteiger partial charge is 0.496 e. The van der Waals surface area contributed by atoms with Crippen molar-refractivity contribution in [2.24, 2.45) is 23.2 Å². The molecule has 0 N–H and O–H groups in total. The molecule has 1 aromatic carbocycles. The maximum absolute atomic E-state index is 12.5. The van der Waals surface area contributed by atoms with Crippen molar-refractivity contribution in [2.75, 3.05) is 19.6 Å². The predicted molar refractivity (Wildman–Crippen MR) is 107 cm³/mol. The summed E-state index contributed by atoms with van der Waals surface area (Å²) in [6.07, 6.45) is 3.51. The largest absolute Gasteiger partial charge is 0.632 e. The van der Waals surface area contributed by atoms with Gasteiger partial charge in [0.2, 0.25) is 0 Å². The molecule has 154 valence electrons. The first-order valence-corrected chi connectivity index (χ1v) is 10.7. The summed E-state index contributed by atoms with van der Waals surface area (Å²) >= 11 is 0. The molecule has 5 atom stereocenters. The van der Waals surface area contributed by atoms with Crippen LogP contribution >= 0.6 is 0 Å². The third-order valence-corrected chi connectivity index (χ3v) is 7.62. The van der Waals surface area contributed by atoms with Crippen LogP contribution in [0.5, 0.6) is 0 Å². The molecule has 0 radical (unpaired) electrons. The Hall–Kier alpha value is -1.86. The van der Waals surface area contributed by atoms with Crippen LogP contribution in [0.2, 0.25) is 0 Å². The minimum absolute atomic E-state index is 0.126. The first-order chi connectivity index (χ1) is 13.9. The minimum Gasteiger partial charge on any atom is -0.496 e. The van der Waals surface area contributed by atoms with Crippen molar-refractivity contribution in [3.8, 4) is 0 Å².